The predicted octanol–water partition coefficient (Wildman–Crippen LogP) is 3.52. The van der Waals surface area contributed by atoms with Crippen LogP contribution in [0.25, 0.3) is 0 Å². The van der Waals surface area contributed by atoms with Crippen LogP contribution in [-0.2, 0) is 10.2 Å². The highest BCUT2D eigenvalue weighted by atomic mass is 16.5. The Morgan fingerprint density at radius 3 is 2.48 bits per heavy atom. The summed E-state index contributed by atoms with van der Waals surface area (Å²) in [4.78, 5) is 11.8. The fourth-order valence-electron chi connectivity index (χ4n) is 2.13. The Bertz CT molecular complexity index is 731. The molecule has 0 aromatic heterocycles. The molecule has 5 nitrogen and oxygen atoms in total. The van der Waals surface area contributed by atoms with Crippen molar-refractivity contribution >= 4 is 12.1 Å². The number of hydrazone groups is 1. The Morgan fingerprint density at radius 1 is 1.12 bits per heavy atom. The number of ether oxygens (including phenoxy) is 2. The van der Waals surface area contributed by atoms with Crippen LogP contribution in [0.15, 0.2) is 53.6 Å². The third-order valence-corrected chi connectivity index (χ3v) is 3.59. The van der Waals surface area contributed by atoms with Crippen molar-refractivity contribution in [2.24, 2.45) is 5.10 Å². The van der Waals surface area contributed by atoms with Gasteiger partial charge in [-0.25, -0.2) is 5.43 Å². The largest absolute Gasteiger partial charge is 0.497 e. The summed E-state index contributed by atoms with van der Waals surface area (Å²) in [5, 5.41) is 3.92. The van der Waals surface area contributed by atoms with E-state index in [0.29, 0.717) is 5.75 Å². The number of rotatable bonds is 6. The minimum atomic E-state index is -0.320. The summed E-state index contributed by atoms with van der Waals surface area (Å²) < 4.78 is 10.6. The average molecular weight is 340 g/mol. The van der Waals surface area contributed by atoms with Crippen LogP contribution in [-0.4, -0.2) is 25.8 Å². The first-order chi connectivity index (χ1) is 11.9. The van der Waals surface area contributed by atoms with Crippen molar-refractivity contribution in [1.29, 1.82) is 0 Å². The Kier molecular flexibility index (Phi) is 6.17. The molecule has 25 heavy (non-hydrogen) atoms. The average Bonchev–Trinajstić information content (AvgIpc) is 2.60. The molecule has 132 valence electrons. The fraction of sp³-hybridized carbons (Fsp3) is 0.300. The Balaban J connectivity index is 1.81. The van der Waals surface area contributed by atoms with Crippen LogP contribution in [0.4, 0.5) is 0 Å². The van der Waals surface area contributed by atoms with E-state index >= 15 is 0 Å². The second-order valence-electron chi connectivity index (χ2n) is 6.63. The second kappa shape index (κ2) is 8.33. The van der Waals surface area contributed by atoms with Crippen molar-refractivity contribution in [3.8, 4) is 11.5 Å². The highest BCUT2D eigenvalue weighted by Crippen LogP contribution is 2.24. The molecule has 0 bridgehead atoms. The minimum Gasteiger partial charge on any atom is -0.497 e. The van der Waals surface area contributed by atoms with Crippen molar-refractivity contribution < 1.29 is 14.3 Å². The van der Waals surface area contributed by atoms with E-state index < -0.39 is 0 Å². The third-order valence-electron chi connectivity index (χ3n) is 3.59. The van der Waals surface area contributed by atoms with Crippen molar-refractivity contribution in [2.45, 2.75) is 26.2 Å². The maximum atomic E-state index is 11.8. The highest BCUT2D eigenvalue weighted by Gasteiger charge is 2.13. The summed E-state index contributed by atoms with van der Waals surface area (Å²) in [6, 6.07) is 15.1. The Labute approximate surface area is 148 Å². The van der Waals surface area contributed by atoms with Crippen molar-refractivity contribution in [3.63, 3.8) is 0 Å². The number of methoxy groups -OCH3 is 1. The molecule has 2 rings (SSSR count). The molecular weight excluding hydrogens is 316 g/mol. The highest BCUT2D eigenvalue weighted by molar-refractivity contribution is 5.83. The zero-order chi connectivity index (χ0) is 18.3. The summed E-state index contributed by atoms with van der Waals surface area (Å²) in [5.74, 6) is 1.07. The van der Waals surface area contributed by atoms with Gasteiger partial charge < -0.3 is 9.47 Å². The van der Waals surface area contributed by atoms with Crippen LogP contribution in [0.1, 0.15) is 31.9 Å². The first kappa shape index (κ1) is 18.5. The van der Waals surface area contributed by atoms with Crippen molar-refractivity contribution in [1.82, 2.24) is 5.43 Å². The zero-order valence-corrected chi connectivity index (χ0v) is 15.1. The molecule has 1 amide bonds. The molecule has 0 atom stereocenters. The molecular formula is C20H24N2O3. The Hall–Kier alpha value is -2.82. The first-order valence-electron chi connectivity index (χ1n) is 8.08. The number of carbonyl (C=O) groups is 1. The molecule has 0 fully saturated rings. The van der Waals surface area contributed by atoms with Gasteiger partial charge in [0.2, 0.25) is 0 Å². The van der Waals surface area contributed by atoms with Crippen LogP contribution in [0, 0.1) is 0 Å². The molecule has 1 N–H and O–H groups in total. The van der Waals surface area contributed by atoms with E-state index in [1.807, 2.05) is 48.5 Å². The molecule has 0 unspecified atom stereocenters. The summed E-state index contributed by atoms with van der Waals surface area (Å²) in [6.07, 6.45) is 1.55. The fourth-order valence-corrected chi connectivity index (χ4v) is 2.13. The van der Waals surface area contributed by atoms with Gasteiger partial charge in [0.1, 0.15) is 11.5 Å². The second-order valence-corrected chi connectivity index (χ2v) is 6.63. The van der Waals surface area contributed by atoms with Gasteiger partial charge in [0.15, 0.2) is 6.61 Å². The number of benzene rings is 2. The van der Waals surface area contributed by atoms with Gasteiger partial charge in [-0.05, 0) is 40.8 Å². The molecule has 0 saturated carbocycles. The monoisotopic (exact) mass is 340 g/mol. The summed E-state index contributed by atoms with van der Waals surface area (Å²) in [6.45, 7) is 6.36. The molecule has 2 aromatic rings. The molecule has 5 heteroatoms. The SMILES string of the molecule is COc1cccc(/C=N/NC(=O)COc2ccc(C(C)(C)C)cc2)c1. The van der Waals surface area contributed by atoms with Crippen molar-refractivity contribution in [3.05, 3.63) is 59.7 Å². The standard InChI is InChI=1S/C20H24N2O3/c1-20(2,3)16-8-10-17(11-9-16)25-14-19(23)22-21-13-15-6-5-7-18(12-15)24-4/h5-13H,14H2,1-4H3,(H,22,23)/b21-13+. The van der Waals surface area contributed by atoms with Gasteiger partial charge in [-0.3, -0.25) is 4.79 Å². The van der Waals surface area contributed by atoms with Gasteiger partial charge in [-0.15, -0.1) is 0 Å². The lowest BCUT2D eigenvalue weighted by Crippen LogP contribution is -2.24. The maximum absolute atomic E-state index is 11.8. The minimum absolute atomic E-state index is 0.0880. The third kappa shape index (κ3) is 5.95. The van der Waals surface area contributed by atoms with Gasteiger partial charge in [-0.1, -0.05) is 45.0 Å². The molecule has 0 aliphatic carbocycles. The number of amides is 1. The van der Waals surface area contributed by atoms with Crippen LogP contribution >= 0.6 is 0 Å². The van der Waals surface area contributed by atoms with Crippen LogP contribution in [0.3, 0.4) is 0 Å². The molecule has 2 aromatic carbocycles. The maximum Gasteiger partial charge on any atom is 0.277 e. The number of hydrogen-bond acceptors (Lipinski definition) is 4. The van der Waals surface area contributed by atoms with E-state index in [4.69, 9.17) is 9.47 Å². The lowest BCUT2D eigenvalue weighted by molar-refractivity contribution is -0.123. The smallest absolute Gasteiger partial charge is 0.277 e. The first-order valence-corrected chi connectivity index (χ1v) is 8.08. The molecule has 0 radical (unpaired) electrons. The quantitative estimate of drug-likeness (QED) is 0.646. The van der Waals surface area contributed by atoms with Gasteiger partial charge in [-0.2, -0.15) is 5.10 Å². The van der Waals surface area contributed by atoms with Crippen LogP contribution < -0.4 is 14.9 Å². The normalized spacial score (nSPS) is 11.4. The summed E-state index contributed by atoms with van der Waals surface area (Å²) in [7, 11) is 1.60. The van der Waals surface area contributed by atoms with Gasteiger partial charge in [0.05, 0.1) is 13.3 Å². The number of carbonyl (C=O) groups excluding carboxylic acids is 1. The molecule has 0 spiro atoms. The number of nitrogens with one attached hydrogen (secondary N) is 1. The van der Waals surface area contributed by atoms with Crippen LogP contribution in [0.2, 0.25) is 0 Å². The van der Waals surface area contributed by atoms with Gasteiger partial charge in [0, 0.05) is 0 Å². The molecule has 0 aliphatic heterocycles. The van der Waals surface area contributed by atoms with Gasteiger partial charge >= 0.3 is 0 Å². The zero-order valence-electron chi connectivity index (χ0n) is 15.1. The van der Waals surface area contributed by atoms with Gasteiger partial charge in [0.25, 0.3) is 5.91 Å². The number of hydrogen-bond donors (Lipinski definition) is 1. The van der Waals surface area contributed by atoms with E-state index in [1.54, 1.807) is 13.3 Å². The molecule has 0 saturated heterocycles. The number of nitrogens with zero attached hydrogens (tertiary/aromatic N) is 1. The topological polar surface area (TPSA) is 59.9 Å². The lowest BCUT2D eigenvalue weighted by atomic mass is 9.87. The van der Waals surface area contributed by atoms with E-state index in [-0.39, 0.29) is 17.9 Å². The van der Waals surface area contributed by atoms with E-state index in [2.05, 4.69) is 31.3 Å². The lowest BCUT2D eigenvalue weighted by Gasteiger charge is -2.19. The van der Waals surface area contributed by atoms with E-state index in [0.717, 1.165) is 11.3 Å². The predicted molar refractivity (Wildman–Crippen MR) is 99.4 cm³/mol. The molecule has 0 heterocycles. The van der Waals surface area contributed by atoms with E-state index in [9.17, 15) is 4.79 Å². The van der Waals surface area contributed by atoms with E-state index in [1.165, 1.54) is 5.56 Å². The molecule has 0 aliphatic rings. The summed E-state index contributed by atoms with van der Waals surface area (Å²) >= 11 is 0. The van der Waals surface area contributed by atoms with Crippen LogP contribution in [0.5, 0.6) is 11.5 Å². The Morgan fingerprint density at radius 2 is 1.84 bits per heavy atom. The summed E-state index contributed by atoms with van der Waals surface area (Å²) in [5.41, 5.74) is 4.57. The van der Waals surface area contributed by atoms with Crippen molar-refractivity contribution in [2.75, 3.05) is 13.7 Å².